The van der Waals surface area contributed by atoms with Crippen molar-refractivity contribution in [1.29, 1.82) is 0 Å². The summed E-state index contributed by atoms with van der Waals surface area (Å²) >= 11 is 9.93. The zero-order valence-electron chi connectivity index (χ0n) is 16.1. The number of likely N-dealkylation sites (tertiary alicyclic amines) is 1. The summed E-state index contributed by atoms with van der Waals surface area (Å²) in [4.78, 5) is 22.0. The maximum atomic E-state index is 13.7. The SMILES string of the molecule is O=C(OCc1ccccc1)N1CC(C2=C3C=NC=C[N+]3(Cl)C(Br)=N2)CCC1C(F)(F)F. The quantitative estimate of drug-likeness (QED) is 0.394. The lowest BCUT2D eigenvalue weighted by Crippen LogP contribution is -2.54. The molecular weight excluding hydrogens is 501 g/mol. The van der Waals surface area contributed by atoms with Crippen LogP contribution in [0, 0.1) is 5.92 Å². The Bertz CT molecular complexity index is 996. The Kier molecular flexibility index (Phi) is 5.97. The number of alkyl halides is 3. The Morgan fingerprint density at radius 1 is 1.29 bits per heavy atom. The number of quaternary nitrogens is 1. The smallest absolute Gasteiger partial charge is 0.410 e. The van der Waals surface area contributed by atoms with Crippen molar-refractivity contribution in [2.75, 3.05) is 6.54 Å². The van der Waals surface area contributed by atoms with Gasteiger partial charge in [-0.1, -0.05) is 30.3 Å². The number of carbonyl (C=O) groups is 1. The molecule has 3 aliphatic rings. The first-order valence-electron chi connectivity index (χ1n) is 9.53. The largest absolute Gasteiger partial charge is 0.445 e. The van der Waals surface area contributed by atoms with Gasteiger partial charge in [-0.15, -0.1) is 4.00 Å². The van der Waals surface area contributed by atoms with Crippen LogP contribution in [0.5, 0.6) is 0 Å². The third-order valence-corrected chi connectivity index (χ3v) is 6.83. The fraction of sp³-hybridized carbons (Fsp3) is 0.350. The fourth-order valence-electron chi connectivity index (χ4n) is 3.87. The number of nitrogens with zero attached hydrogens (tertiary/aromatic N) is 4. The van der Waals surface area contributed by atoms with E-state index in [2.05, 4.69) is 25.9 Å². The molecule has 164 valence electrons. The molecule has 3 atom stereocenters. The van der Waals surface area contributed by atoms with Crippen LogP contribution in [0.1, 0.15) is 18.4 Å². The summed E-state index contributed by atoms with van der Waals surface area (Å²) in [6.45, 7) is -0.295. The van der Waals surface area contributed by atoms with Gasteiger partial charge < -0.3 is 4.74 Å². The van der Waals surface area contributed by atoms with Crippen LogP contribution in [-0.4, -0.2) is 44.7 Å². The number of piperidine rings is 1. The summed E-state index contributed by atoms with van der Waals surface area (Å²) in [5, 5.41) is 0. The molecule has 1 saturated heterocycles. The van der Waals surface area contributed by atoms with Crippen LogP contribution in [0.2, 0.25) is 0 Å². The third kappa shape index (κ3) is 4.28. The van der Waals surface area contributed by atoms with E-state index in [4.69, 9.17) is 16.5 Å². The van der Waals surface area contributed by atoms with E-state index in [1.807, 2.05) is 0 Å². The van der Waals surface area contributed by atoms with E-state index in [1.54, 1.807) is 36.5 Å². The van der Waals surface area contributed by atoms with Crippen molar-refractivity contribution in [2.24, 2.45) is 15.9 Å². The fourth-order valence-corrected chi connectivity index (χ4v) is 4.59. The Hall–Kier alpha value is -2.17. The molecule has 1 amide bonds. The molecule has 3 aliphatic heterocycles. The summed E-state index contributed by atoms with van der Waals surface area (Å²) in [7, 11) is 0. The summed E-state index contributed by atoms with van der Waals surface area (Å²) in [6, 6.07) is 6.88. The number of hydrogen-bond acceptors (Lipinski definition) is 4. The van der Waals surface area contributed by atoms with Crippen LogP contribution in [0.3, 0.4) is 0 Å². The predicted molar refractivity (Wildman–Crippen MR) is 113 cm³/mol. The normalized spacial score (nSPS) is 27.9. The van der Waals surface area contributed by atoms with Gasteiger partial charge in [0.2, 0.25) is 5.70 Å². The monoisotopic (exact) mass is 517 g/mol. The van der Waals surface area contributed by atoms with Crippen LogP contribution in [0.25, 0.3) is 0 Å². The molecule has 0 radical (unpaired) electrons. The van der Waals surface area contributed by atoms with Gasteiger partial charge in [-0.3, -0.25) is 9.89 Å². The molecule has 3 unspecified atom stereocenters. The van der Waals surface area contributed by atoms with Crippen molar-refractivity contribution in [3.05, 3.63) is 59.7 Å². The highest BCUT2D eigenvalue weighted by Crippen LogP contribution is 2.43. The second-order valence-electron chi connectivity index (χ2n) is 7.39. The molecule has 31 heavy (non-hydrogen) atoms. The Morgan fingerprint density at radius 2 is 2.03 bits per heavy atom. The first kappa shape index (κ1) is 22.0. The van der Waals surface area contributed by atoms with E-state index in [-0.39, 0.29) is 30.0 Å². The minimum Gasteiger partial charge on any atom is -0.445 e. The Balaban J connectivity index is 1.57. The summed E-state index contributed by atoms with van der Waals surface area (Å²) in [5.74, 6) is -0.442. The molecule has 0 aromatic heterocycles. The van der Waals surface area contributed by atoms with Crippen LogP contribution in [0.4, 0.5) is 18.0 Å². The number of aliphatic imine (C=N–C) groups is 2. The number of ether oxygens (including phenoxy) is 1. The van der Waals surface area contributed by atoms with Crippen molar-refractivity contribution in [3.8, 4) is 0 Å². The van der Waals surface area contributed by atoms with Gasteiger partial charge in [0, 0.05) is 28.4 Å². The highest BCUT2D eigenvalue weighted by Gasteiger charge is 2.52. The van der Waals surface area contributed by atoms with Gasteiger partial charge in [-0.25, -0.2) is 4.79 Å². The topological polar surface area (TPSA) is 54.3 Å². The lowest BCUT2D eigenvalue weighted by molar-refractivity contribution is -0.595. The van der Waals surface area contributed by atoms with Crippen LogP contribution in [-0.2, 0) is 11.3 Å². The molecule has 6 nitrogen and oxygen atoms in total. The zero-order chi connectivity index (χ0) is 22.2. The number of carbonyl (C=O) groups excluding carboxylic acids is 1. The highest BCUT2D eigenvalue weighted by molar-refractivity contribution is 9.18. The second kappa shape index (κ2) is 8.40. The Morgan fingerprint density at radius 3 is 2.74 bits per heavy atom. The first-order valence-corrected chi connectivity index (χ1v) is 10.7. The minimum atomic E-state index is -4.56. The lowest BCUT2D eigenvalue weighted by atomic mass is 9.89. The number of amides is 1. The summed E-state index contributed by atoms with van der Waals surface area (Å²) in [5.41, 5.74) is 1.75. The number of benzene rings is 1. The molecule has 0 spiro atoms. The van der Waals surface area contributed by atoms with Gasteiger partial charge in [0.05, 0.1) is 12.4 Å². The molecule has 0 N–H and O–H groups in total. The standard InChI is InChI=1S/C20H18BrClF3N4O2/c21-18-27-17(15-10-26-8-9-29(15,18)22)14-6-7-16(20(23,24)25)28(11-14)19(30)31-12-13-4-2-1-3-5-13/h1-5,8-10,14,16H,6-7,11-12H2/q+1. The molecule has 0 saturated carbocycles. The van der Waals surface area contributed by atoms with Gasteiger partial charge in [-0.2, -0.15) is 18.2 Å². The zero-order valence-corrected chi connectivity index (χ0v) is 18.4. The van der Waals surface area contributed by atoms with Crippen molar-refractivity contribution in [1.82, 2.24) is 4.90 Å². The van der Waals surface area contributed by atoms with Gasteiger partial charge in [-0.05, 0) is 18.4 Å². The van der Waals surface area contributed by atoms with Gasteiger partial charge in [0.1, 0.15) is 24.5 Å². The maximum Gasteiger partial charge on any atom is 0.410 e. The molecule has 0 bridgehead atoms. The van der Waals surface area contributed by atoms with E-state index in [1.165, 1.54) is 12.4 Å². The number of hydrogen-bond donors (Lipinski definition) is 0. The second-order valence-corrected chi connectivity index (χ2v) is 8.63. The molecule has 11 heteroatoms. The van der Waals surface area contributed by atoms with Crippen LogP contribution in [0.15, 0.2) is 64.1 Å². The number of halogens is 5. The molecular formula is C20H18BrClF3N4O2+. The Labute approximate surface area is 190 Å². The van der Waals surface area contributed by atoms with Gasteiger partial charge in [0.25, 0.3) is 4.74 Å². The van der Waals surface area contributed by atoms with Gasteiger partial charge in [0.15, 0.2) is 11.8 Å². The van der Waals surface area contributed by atoms with Crippen molar-refractivity contribution in [3.63, 3.8) is 0 Å². The number of fused-ring (bicyclic) bond motifs is 1. The average Bonchev–Trinajstić information content (AvgIpc) is 3.02. The van der Waals surface area contributed by atoms with Crippen molar-refractivity contribution in [2.45, 2.75) is 31.7 Å². The number of allylic oxidation sites excluding steroid dienone is 1. The highest BCUT2D eigenvalue weighted by atomic mass is 79.9. The molecule has 4 rings (SSSR count). The molecule has 0 aliphatic carbocycles. The average molecular weight is 519 g/mol. The lowest BCUT2D eigenvalue weighted by Gasteiger charge is -2.39. The molecule has 1 aromatic rings. The van der Waals surface area contributed by atoms with Crippen LogP contribution < -0.4 is 0 Å². The first-order chi connectivity index (χ1) is 14.7. The maximum absolute atomic E-state index is 13.7. The molecule has 1 aromatic carbocycles. The minimum absolute atomic E-state index is 0.109. The summed E-state index contributed by atoms with van der Waals surface area (Å²) < 4.78 is 46.3. The third-order valence-electron chi connectivity index (χ3n) is 5.44. The number of amidine groups is 1. The summed E-state index contributed by atoms with van der Waals surface area (Å²) in [6.07, 6.45) is -0.971. The van der Waals surface area contributed by atoms with E-state index < -0.39 is 24.2 Å². The van der Waals surface area contributed by atoms with Crippen molar-refractivity contribution < 1.29 is 26.7 Å². The van der Waals surface area contributed by atoms with E-state index in [9.17, 15) is 18.0 Å². The van der Waals surface area contributed by atoms with E-state index in [0.717, 1.165) is 4.90 Å². The molecule has 1 fully saturated rings. The van der Waals surface area contributed by atoms with E-state index in [0.29, 0.717) is 21.7 Å². The van der Waals surface area contributed by atoms with E-state index >= 15 is 0 Å². The molecule has 3 heterocycles. The van der Waals surface area contributed by atoms with Crippen LogP contribution >= 0.6 is 27.7 Å². The van der Waals surface area contributed by atoms with Gasteiger partial charge >= 0.3 is 12.3 Å². The number of rotatable bonds is 3. The van der Waals surface area contributed by atoms with Crippen molar-refractivity contribution >= 4 is 44.8 Å². The predicted octanol–water partition coefficient (Wildman–Crippen LogP) is 5.47.